The Kier molecular flexibility index (Phi) is 4.52. The van der Waals surface area contributed by atoms with E-state index in [-0.39, 0.29) is 31.8 Å². The second-order valence-electron chi connectivity index (χ2n) is 5.03. The summed E-state index contributed by atoms with van der Waals surface area (Å²) in [5, 5.41) is 5.26. The van der Waals surface area contributed by atoms with E-state index >= 15 is 0 Å². The van der Waals surface area contributed by atoms with Crippen molar-refractivity contribution in [3.8, 4) is 29.1 Å². The molecule has 0 bridgehead atoms. The molecule has 1 atom stereocenters. The normalized spacial score (nSPS) is 17.9. The van der Waals surface area contributed by atoms with E-state index in [9.17, 15) is 9.59 Å². The minimum atomic E-state index is -0.436. The Hall–Kier alpha value is -2.88. The van der Waals surface area contributed by atoms with Crippen LogP contribution in [0.4, 0.5) is 0 Å². The van der Waals surface area contributed by atoms with Crippen LogP contribution in [-0.4, -0.2) is 37.8 Å². The summed E-state index contributed by atoms with van der Waals surface area (Å²) in [7, 11) is 0. The van der Waals surface area contributed by atoms with E-state index in [1.807, 2.05) is 0 Å². The largest absolute Gasteiger partial charge is 0.481 e. The molecule has 7 nitrogen and oxygen atoms in total. The van der Waals surface area contributed by atoms with Gasteiger partial charge in [0.25, 0.3) is 0 Å². The number of nitrogens with one attached hydrogen (secondary N) is 2. The number of rotatable bonds is 4. The van der Waals surface area contributed by atoms with Crippen molar-refractivity contribution < 1.29 is 23.8 Å². The third-order valence-electron chi connectivity index (χ3n) is 3.44. The highest BCUT2D eigenvalue weighted by molar-refractivity contribution is 5.90. The summed E-state index contributed by atoms with van der Waals surface area (Å²) in [5.41, 5.74) is 0. The lowest BCUT2D eigenvalue weighted by Crippen LogP contribution is -2.41. The molecule has 0 spiro atoms. The van der Waals surface area contributed by atoms with Gasteiger partial charge in [-0.1, -0.05) is 11.8 Å². The Morgan fingerprint density at radius 3 is 3.04 bits per heavy atom. The van der Waals surface area contributed by atoms with Gasteiger partial charge in [0.15, 0.2) is 11.5 Å². The van der Waals surface area contributed by atoms with Crippen LogP contribution in [0.1, 0.15) is 12.8 Å². The van der Waals surface area contributed by atoms with E-state index < -0.39 is 6.04 Å². The molecule has 2 aliphatic rings. The van der Waals surface area contributed by atoms with Crippen molar-refractivity contribution in [3.63, 3.8) is 0 Å². The number of amides is 2. The summed E-state index contributed by atoms with van der Waals surface area (Å²) >= 11 is 0. The Morgan fingerprint density at radius 1 is 1.35 bits per heavy atom. The van der Waals surface area contributed by atoms with Crippen molar-refractivity contribution in [1.29, 1.82) is 0 Å². The first kappa shape index (κ1) is 15.0. The summed E-state index contributed by atoms with van der Waals surface area (Å²) in [6.07, 6.45) is 0.929. The maximum atomic E-state index is 11.7. The maximum absolute atomic E-state index is 11.7. The molecule has 0 saturated carbocycles. The summed E-state index contributed by atoms with van der Waals surface area (Å²) in [4.78, 5) is 22.7. The fraction of sp³-hybridized carbons (Fsp3) is 0.375. The minimum Gasteiger partial charge on any atom is -0.481 e. The van der Waals surface area contributed by atoms with E-state index in [1.165, 1.54) is 0 Å². The van der Waals surface area contributed by atoms with Crippen LogP contribution in [0.2, 0.25) is 0 Å². The van der Waals surface area contributed by atoms with Crippen LogP contribution < -0.4 is 24.8 Å². The number of ether oxygens (including phenoxy) is 3. The third kappa shape index (κ3) is 3.86. The van der Waals surface area contributed by atoms with Crippen molar-refractivity contribution in [2.75, 3.05) is 19.9 Å². The average molecular weight is 316 g/mol. The summed E-state index contributed by atoms with van der Waals surface area (Å²) in [5.74, 6) is 7.31. The molecule has 0 unspecified atom stereocenters. The zero-order valence-electron chi connectivity index (χ0n) is 12.4. The molecule has 2 heterocycles. The molecule has 0 aromatic heterocycles. The molecule has 0 radical (unpaired) electrons. The van der Waals surface area contributed by atoms with Crippen LogP contribution in [0.5, 0.6) is 17.2 Å². The molecule has 1 saturated heterocycles. The van der Waals surface area contributed by atoms with Crippen LogP contribution in [0.15, 0.2) is 18.2 Å². The summed E-state index contributed by atoms with van der Waals surface area (Å²) in [6, 6.07) is 4.87. The zero-order valence-corrected chi connectivity index (χ0v) is 12.4. The summed E-state index contributed by atoms with van der Waals surface area (Å²) < 4.78 is 15.9. The van der Waals surface area contributed by atoms with Crippen molar-refractivity contribution in [2.45, 2.75) is 18.9 Å². The molecule has 0 aliphatic carbocycles. The van der Waals surface area contributed by atoms with E-state index in [0.717, 1.165) is 0 Å². The zero-order chi connectivity index (χ0) is 16.1. The van der Waals surface area contributed by atoms with Gasteiger partial charge in [0.1, 0.15) is 18.4 Å². The van der Waals surface area contributed by atoms with Crippen LogP contribution in [-0.2, 0) is 9.59 Å². The molecule has 2 aliphatic heterocycles. The lowest BCUT2D eigenvalue weighted by atomic mass is 10.2. The van der Waals surface area contributed by atoms with E-state index in [2.05, 4.69) is 22.5 Å². The highest BCUT2D eigenvalue weighted by Crippen LogP contribution is 2.34. The highest BCUT2D eigenvalue weighted by atomic mass is 16.7. The maximum Gasteiger partial charge on any atom is 0.243 e. The van der Waals surface area contributed by atoms with Gasteiger partial charge in [0.2, 0.25) is 18.6 Å². The number of carbonyl (C=O) groups excluding carboxylic acids is 2. The van der Waals surface area contributed by atoms with Gasteiger partial charge in [0, 0.05) is 12.5 Å². The molecule has 1 aromatic rings. The van der Waals surface area contributed by atoms with E-state index in [1.54, 1.807) is 18.2 Å². The first-order valence-corrected chi connectivity index (χ1v) is 7.27. The minimum absolute atomic E-state index is 0.0895. The second-order valence-corrected chi connectivity index (χ2v) is 5.03. The number of fused-ring (bicyclic) bond motifs is 1. The Morgan fingerprint density at radius 2 is 2.22 bits per heavy atom. The number of carbonyl (C=O) groups is 2. The standard InChI is InChI=1S/C16H16N2O5/c19-15-6-4-12(18-15)16(20)17-7-1-2-8-21-11-3-5-13-14(9-11)23-10-22-13/h3,5,9,12H,4,6-8,10H2,(H,17,20)(H,18,19)/t12-/m0/s1. The molecule has 23 heavy (non-hydrogen) atoms. The lowest BCUT2D eigenvalue weighted by Gasteiger charge is -2.08. The van der Waals surface area contributed by atoms with Gasteiger partial charge < -0.3 is 24.8 Å². The van der Waals surface area contributed by atoms with Crippen LogP contribution in [0, 0.1) is 11.8 Å². The molecular weight excluding hydrogens is 300 g/mol. The van der Waals surface area contributed by atoms with Gasteiger partial charge in [-0.2, -0.15) is 0 Å². The molecule has 2 N–H and O–H groups in total. The predicted octanol–water partition coefficient (Wildman–Crippen LogP) is 0.192. The molecule has 7 heteroatoms. The second kappa shape index (κ2) is 6.92. The Bertz CT molecular complexity index is 677. The molecule has 1 aromatic carbocycles. The molecule has 1 fully saturated rings. The number of benzene rings is 1. The SMILES string of the molecule is O=C1CC[C@@H](C(=O)NCC#CCOc2ccc3c(c2)OCO3)N1. The van der Waals surface area contributed by atoms with Crippen LogP contribution in [0.25, 0.3) is 0 Å². The topological polar surface area (TPSA) is 85.9 Å². The highest BCUT2D eigenvalue weighted by Gasteiger charge is 2.26. The number of hydrogen-bond acceptors (Lipinski definition) is 5. The third-order valence-corrected chi connectivity index (χ3v) is 3.44. The number of hydrogen-bond donors (Lipinski definition) is 2. The fourth-order valence-corrected chi connectivity index (χ4v) is 2.26. The smallest absolute Gasteiger partial charge is 0.243 e. The first-order valence-electron chi connectivity index (χ1n) is 7.27. The van der Waals surface area contributed by atoms with Gasteiger partial charge in [0.05, 0.1) is 6.54 Å². The van der Waals surface area contributed by atoms with E-state index in [4.69, 9.17) is 14.2 Å². The molecular formula is C16H16N2O5. The molecule has 3 rings (SSSR count). The predicted molar refractivity (Wildman–Crippen MR) is 80.0 cm³/mol. The quantitative estimate of drug-likeness (QED) is 0.775. The van der Waals surface area contributed by atoms with Crippen molar-refractivity contribution in [2.24, 2.45) is 0 Å². The van der Waals surface area contributed by atoms with Gasteiger partial charge in [-0.15, -0.1) is 0 Å². The van der Waals surface area contributed by atoms with Gasteiger partial charge in [-0.25, -0.2) is 0 Å². The van der Waals surface area contributed by atoms with Crippen LogP contribution >= 0.6 is 0 Å². The van der Waals surface area contributed by atoms with Gasteiger partial charge >= 0.3 is 0 Å². The summed E-state index contributed by atoms with van der Waals surface area (Å²) in [6.45, 7) is 0.644. The molecule has 2 amide bonds. The average Bonchev–Trinajstić information content (AvgIpc) is 3.18. The van der Waals surface area contributed by atoms with Crippen molar-refractivity contribution >= 4 is 11.8 Å². The van der Waals surface area contributed by atoms with E-state index in [0.29, 0.717) is 30.1 Å². The monoisotopic (exact) mass is 316 g/mol. The van der Waals surface area contributed by atoms with Crippen molar-refractivity contribution in [1.82, 2.24) is 10.6 Å². The first-order chi connectivity index (χ1) is 11.2. The fourth-order valence-electron chi connectivity index (χ4n) is 2.26. The Balaban J connectivity index is 1.37. The van der Waals surface area contributed by atoms with Crippen LogP contribution in [0.3, 0.4) is 0 Å². The van der Waals surface area contributed by atoms with Crippen molar-refractivity contribution in [3.05, 3.63) is 18.2 Å². The van der Waals surface area contributed by atoms with Gasteiger partial charge in [-0.05, 0) is 18.6 Å². The van der Waals surface area contributed by atoms with Gasteiger partial charge in [-0.3, -0.25) is 9.59 Å². The Labute approximate surface area is 133 Å². The molecule has 120 valence electrons. The lowest BCUT2D eigenvalue weighted by molar-refractivity contribution is -0.125.